The number of thiophene rings is 1. The lowest BCUT2D eigenvalue weighted by molar-refractivity contribution is 0.221. The van der Waals surface area contributed by atoms with Crippen LogP contribution < -0.4 is 5.73 Å². The van der Waals surface area contributed by atoms with Gasteiger partial charge >= 0.3 is 0 Å². The summed E-state index contributed by atoms with van der Waals surface area (Å²) in [7, 11) is 0. The number of hydrogen-bond acceptors (Lipinski definition) is 3. The van der Waals surface area contributed by atoms with Crippen molar-refractivity contribution < 1.29 is 4.39 Å². The molecule has 0 bridgehead atoms. The molecule has 0 saturated heterocycles. The largest absolute Gasteiger partial charge is 0.389 e. The molecule has 0 aliphatic heterocycles. The van der Waals surface area contributed by atoms with Gasteiger partial charge in [0.15, 0.2) is 0 Å². The number of nitrogens with two attached hydrogens (primary N) is 1. The lowest BCUT2D eigenvalue weighted by Gasteiger charge is -2.15. The first-order valence-electron chi connectivity index (χ1n) is 5.30. The molecule has 0 fully saturated rings. The Morgan fingerprint density at radius 2 is 2.11 bits per heavy atom. The first-order chi connectivity index (χ1) is 8.32. The average Bonchev–Trinajstić information content (AvgIpc) is 2.70. The number of nitriles is 1. The monoisotopic (exact) mass is 278 g/mol. The Bertz CT molecular complexity index is 675. The van der Waals surface area contributed by atoms with Crippen LogP contribution in [0.15, 0.2) is 18.2 Å². The van der Waals surface area contributed by atoms with Gasteiger partial charge in [0.05, 0.1) is 15.1 Å². The van der Waals surface area contributed by atoms with E-state index in [2.05, 4.69) is 6.07 Å². The van der Waals surface area contributed by atoms with Gasteiger partial charge in [-0.3, -0.25) is 0 Å². The first-order valence-corrected chi connectivity index (χ1v) is 6.52. The van der Waals surface area contributed by atoms with Crippen LogP contribution in [0.2, 0.25) is 0 Å². The Morgan fingerprint density at radius 3 is 2.61 bits per heavy atom. The van der Waals surface area contributed by atoms with Crippen molar-refractivity contribution in [2.75, 3.05) is 0 Å². The maximum atomic E-state index is 14.0. The summed E-state index contributed by atoms with van der Waals surface area (Å²) in [6, 6.07) is 7.23. The summed E-state index contributed by atoms with van der Waals surface area (Å²) < 4.78 is 14.8. The highest BCUT2D eigenvalue weighted by Gasteiger charge is 2.21. The molecule has 18 heavy (non-hydrogen) atoms. The Labute approximate surface area is 114 Å². The third-order valence-electron chi connectivity index (χ3n) is 2.67. The van der Waals surface area contributed by atoms with Crippen LogP contribution in [-0.2, 0) is 5.67 Å². The van der Waals surface area contributed by atoms with Crippen molar-refractivity contribution in [1.82, 2.24) is 0 Å². The molecule has 1 aromatic heterocycles. The minimum atomic E-state index is -1.48. The number of hydrogen-bond donors (Lipinski definition) is 1. The number of fused-ring (bicyclic) bond motifs is 1. The molecule has 0 unspecified atom stereocenters. The highest BCUT2D eigenvalue weighted by molar-refractivity contribution is 7.81. The van der Waals surface area contributed by atoms with Gasteiger partial charge < -0.3 is 5.73 Å². The van der Waals surface area contributed by atoms with Gasteiger partial charge in [-0.25, -0.2) is 4.39 Å². The van der Waals surface area contributed by atoms with Crippen molar-refractivity contribution >= 4 is 38.6 Å². The van der Waals surface area contributed by atoms with Crippen LogP contribution in [0, 0.1) is 11.3 Å². The first kappa shape index (κ1) is 12.9. The van der Waals surface area contributed by atoms with Gasteiger partial charge in [-0.15, -0.1) is 11.3 Å². The van der Waals surface area contributed by atoms with Crippen LogP contribution in [0.25, 0.3) is 10.1 Å². The van der Waals surface area contributed by atoms with Crippen LogP contribution in [0.5, 0.6) is 0 Å². The van der Waals surface area contributed by atoms with Crippen molar-refractivity contribution in [2.24, 2.45) is 5.73 Å². The smallest absolute Gasteiger partial charge is 0.130 e. The zero-order chi connectivity index (χ0) is 13.5. The lowest BCUT2D eigenvalue weighted by Crippen LogP contribution is -2.09. The molecule has 0 atom stereocenters. The van der Waals surface area contributed by atoms with Crippen LogP contribution in [-0.4, -0.2) is 4.99 Å². The predicted molar refractivity (Wildman–Crippen MR) is 76.6 cm³/mol. The predicted octanol–water partition coefficient (Wildman–Crippen LogP) is 3.61. The molecule has 2 nitrogen and oxygen atoms in total. The van der Waals surface area contributed by atoms with E-state index in [-0.39, 0.29) is 0 Å². The zero-order valence-corrected chi connectivity index (χ0v) is 11.6. The third-order valence-corrected chi connectivity index (χ3v) is 4.23. The summed E-state index contributed by atoms with van der Waals surface area (Å²) in [6.45, 7) is 2.94. The van der Waals surface area contributed by atoms with Gasteiger partial charge in [0, 0.05) is 0 Å². The molecule has 1 heterocycles. The van der Waals surface area contributed by atoms with Crippen molar-refractivity contribution in [3.63, 3.8) is 0 Å². The quantitative estimate of drug-likeness (QED) is 0.854. The van der Waals surface area contributed by atoms with E-state index >= 15 is 0 Å². The van der Waals surface area contributed by atoms with Gasteiger partial charge in [0.25, 0.3) is 0 Å². The van der Waals surface area contributed by atoms with Crippen molar-refractivity contribution in [1.29, 1.82) is 5.26 Å². The summed E-state index contributed by atoms with van der Waals surface area (Å²) in [5.74, 6) is 0. The fourth-order valence-electron chi connectivity index (χ4n) is 1.70. The van der Waals surface area contributed by atoms with E-state index in [4.69, 9.17) is 23.2 Å². The molecule has 0 radical (unpaired) electrons. The van der Waals surface area contributed by atoms with E-state index in [1.54, 1.807) is 18.2 Å². The summed E-state index contributed by atoms with van der Waals surface area (Å²) in [6.07, 6.45) is 0. The van der Waals surface area contributed by atoms with Gasteiger partial charge in [0.2, 0.25) is 0 Å². The molecule has 0 aliphatic rings. The molecule has 2 N–H and O–H groups in total. The molecular weight excluding hydrogens is 267 g/mol. The van der Waals surface area contributed by atoms with Crippen LogP contribution in [0.3, 0.4) is 0 Å². The number of alkyl halides is 1. The maximum absolute atomic E-state index is 14.0. The second-order valence-electron chi connectivity index (χ2n) is 4.50. The standard InChI is InChI=1S/C13H11FN2S2/c1-13(2,14)9-3-7-5-10(12(16)17)18-11(7)8(4-9)6-15/h3-5H,1-2H3,(H2,16,17). The maximum Gasteiger partial charge on any atom is 0.130 e. The average molecular weight is 278 g/mol. The fourth-order valence-corrected chi connectivity index (χ4v) is 2.84. The fraction of sp³-hybridized carbons (Fsp3) is 0.231. The number of benzene rings is 1. The Balaban J connectivity index is 2.77. The van der Waals surface area contributed by atoms with Gasteiger partial charge in [0.1, 0.15) is 16.7 Å². The van der Waals surface area contributed by atoms with E-state index in [9.17, 15) is 4.39 Å². The van der Waals surface area contributed by atoms with Gasteiger partial charge in [-0.1, -0.05) is 12.2 Å². The SMILES string of the molecule is CC(C)(F)c1cc(C#N)c2sc(C(N)=S)cc2c1. The van der Waals surface area contributed by atoms with Crippen molar-refractivity contribution in [2.45, 2.75) is 19.5 Å². The molecule has 2 rings (SSSR count). The minimum absolute atomic E-state index is 0.293. The normalized spacial score (nSPS) is 11.4. The summed E-state index contributed by atoms with van der Waals surface area (Å²) in [5.41, 5.74) is 5.04. The van der Waals surface area contributed by atoms with Crippen molar-refractivity contribution in [3.8, 4) is 6.07 Å². The van der Waals surface area contributed by atoms with E-state index in [0.717, 1.165) is 15.0 Å². The highest BCUT2D eigenvalue weighted by atomic mass is 32.1. The van der Waals surface area contributed by atoms with Crippen LogP contribution >= 0.6 is 23.6 Å². The van der Waals surface area contributed by atoms with Crippen molar-refractivity contribution in [3.05, 3.63) is 34.2 Å². The van der Waals surface area contributed by atoms with E-state index < -0.39 is 5.67 Å². The minimum Gasteiger partial charge on any atom is -0.389 e. The second kappa shape index (κ2) is 4.30. The molecule has 92 valence electrons. The lowest BCUT2D eigenvalue weighted by atomic mass is 9.97. The number of thiocarbonyl (C=S) groups is 1. The van der Waals surface area contributed by atoms with E-state index in [0.29, 0.717) is 16.1 Å². The summed E-state index contributed by atoms with van der Waals surface area (Å²) >= 11 is 6.28. The summed E-state index contributed by atoms with van der Waals surface area (Å²) in [5, 5.41) is 9.95. The molecule has 0 amide bonds. The topological polar surface area (TPSA) is 49.8 Å². The number of nitrogens with zero attached hydrogens (tertiary/aromatic N) is 1. The van der Waals surface area contributed by atoms with Gasteiger partial charge in [-0.2, -0.15) is 5.26 Å². The van der Waals surface area contributed by atoms with Crippen LogP contribution in [0.1, 0.15) is 29.9 Å². The number of halogens is 1. The molecule has 0 aliphatic carbocycles. The molecule has 1 aromatic carbocycles. The third kappa shape index (κ3) is 2.22. The Hall–Kier alpha value is -1.51. The zero-order valence-electron chi connectivity index (χ0n) is 9.95. The molecule has 0 saturated carbocycles. The van der Waals surface area contributed by atoms with E-state index in [1.807, 2.05) is 0 Å². The molecular formula is C13H11FN2S2. The highest BCUT2D eigenvalue weighted by Crippen LogP contribution is 2.34. The molecule has 5 heteroatoms. The second-order valence-corrected chi connectivity index (χ2v) is 5.99. The number of rotatable bonds is 2. The Kier molecular flexibility index (Phi) is 3.09. The van der Waals surface area contributed by atoms with Crippen LogP contribution in [0.4, 0.5) is 4.39 Å². The molecule has 0 spiro atoms. The van der Waals surface area contributed by atoms with Gasteiger partial charge in [-0.05, 0) is 43.0 Å². The summed E-state index contributed by atoms with van der Waals surface area (Å²) in [4.78, 5) is 1.03. The van der Waals surface area contributed by atoms with E-state index in [1.165, 1.54) is 25.2 Å². The Morgan fingerprint density at radius 1 is 1.44 bits per heavy atom. The molecule has 2 aromatic rings.